The van der Waals surface area contributed by atoms with Crippen LogP contribution in [0.3, 0.4) is 0 Å². The summed E-state index contributed by atoms with van der Waals surface area (Å²) in [6.07, 6.45) is 0. The van der Waals surface area contributed by atoms with Gasteiger partial charge in [0.05, 0.1) is 19.6 Å². The Hall–Kier alpha value is -1.27. The van der Waals surface area contributed by atoms with Crippen molar-refractivity contribution in [1.82, 2.24) is 9.55 Å². The number of halogens is 2. The van der Waals surface area contributed by atoms with E-state index in [9.17, 15) is 5.11 Å². The molecule has 1 N–H and O–H groups in total. The van der Waals surface area contributed by atoms with Gasteiger partial charge >= 0.3 is 0 Å². The Balaban J connectivity index is 2.28. The monoisotopic (exact) mass is 384 g/mol. The fraction of sp³-hybridized carbons (Fsp3) is 0.0714. The van der Waals surface area contributed by atoms with Crippen LogP contribution in [0.4, 0.5) is 0 Å². The quantitative estimate of drug-likeness (QED) is 0.639. The minimum absolute atomic E-state index is 0.260. The number of aromatic hydroxyl groups is 1. The first-order valence-corrected chi connectivity index (χ1v) is 7.13. The summed E-state index contributed by atoms with van der Waals surface area (Å²) in [5.74, 6) is 1.05. The highest BCUT2D eigenvalue weighted by Gasteiger charge is 2.13. The average molecular weight is 385 g/mol. The van der Waals surface area contributed by atoms with Gasteiger partial charge in [0.2, 0.25) is 0 Å². The molecular weight excluding hydrogens is 375 g/mol. The predicted molar refractivity (Wildman–Crippen MR) is 85.5 cm³/mol. The summed E-state index contributed by atoms with van der Waals surface area (Å²) in [4.78, 5) is 4.58. The molecule has 0 saturated carbocycles. The number of phenols is 1. The van der Waals surface area contributed by atoms with Crippen molar-refractivity contribution >= 4 is 45.2 Å². The number of imidazole rings is 1. The average Bonchev–Trinajstić information content (AvgIpc) is 2.72. The Morgan fingerprint density at radius 3 is 2.74 bits per heavy atom. The van der Waals surface area contributed by atoms with Gasteiger partial charge in [-0.2, -0.15) is 0 Å². The molecule has 0 spiro atoms. The van der Waals surface area contributed by atoms with Crippen molar-refractivity contribution in [2.24, 2.45) is 7.05 Å². The Labute approximate surface area is 129 Å². The summed E-state index contributed by atoms with van der Waals surface area (Å²) in [7, 11) is 1.92. The first-order valence-electron chi connectivity index (χ1n) is 5.68. The number of aryl methyl sites for hydroxylation is 1. The van der Waals surface area contributed by atoms with Gasteiger partial charge in [0.25, 0.3) is 0 Å². The topological polar surface area (TPSA) is 38.0 Å². The van der Waals surface area contributed by atoms with Gasteiger partial charge in [-0.1, -0.05) is 17.7 Å². The van der Waals surface area contributed by atoms with Gasteiger partial charge in [-0.15, -0.1) is 0 Å². The second kappa shape index (κ2) is 4.68. The van der Waals surface area contributed by atoms with E-state index in [2.05, 4.69) is 27.6 Å². The molecule has 1 aromatic heterocycles. The fourth-order valence-electron chi connectivity index (χ4n) is 2.13. The number of hydrogen-bond acceptors (Lipinski definition) is 2. The second-order valence-electron chi connectivity index (χ2n) is 4.27. The van der Waals surface area contributed by atoms with Crippen molar-refractivity contribution in [3.05, 3.63) is 45.0 Å². The number of phenolic OH excluding ortho intramolecular Hbond substituents is 1. The van der Waals surface area contributed by atoms with Gasteiger partial charge < -0.3 is 9.67 Å². The maximum absolute atomic E-state index is 9.81. The molecule has 3 aromatic rings. The molecule has 0 bridgehead atoms. The standard InChI is InChI=1S/C14H10ClIN2O/c1-18-13-9(15)3-2-4-11(13)17-14(18)8-5-6-10(16)12(19)7-8/h2-7,19H,1H3. The zero-order valence-electron chi connectivity index (χ0n) is 10.1. The zero-order valence-corrected chi connectivity index (χ0v) is 13.0. The van der Waals surface area contributed by atoms with Crippen molar-refractivity contribution in [2.75, 3.05) is 0 Å². The first-order chi connectivity index (χ1) is 9.08. The Morgan fingerprint density at radius 1 is 1.26 bits per heavy atom. The Bertz CT molecular complexity index is 782. The highest BCUT2D eigenvalue weighted by atomic mass is 127. The number of fused-ring (bicyclic) bond motifs is 1. The zero-order chi connectivity index (χ0) is 13.6. The lowest BCUT2D eigenvalue weighted by atomic mass is 10.2. The third kappa shape index (κ3) is 2.08. The third-order valence-corrected chi connectivity index (χ3v) is 4.27. The summed E-state index contributed by atoms with van der Waals surface area (Å²) >= 11 is 8.30. The van der Waals surface area contributed by atoms with Crippen LogP contribution in [-0.2, 0) is 7.05 Å². The van der Waals surface area contributed by atoms with E-state index in [1.54, 1.807) is 6.07 Å². The van der Waals surface area contributed by atoms with Crippen LogP contribution < -0.4 is 0 Å². The molecule has 96 valence electrons. The fourth-order valence-corrected chi connectivity index (χ4v) is 2.76. The summed E-state index contributed by atoms with van der Waals surface area (Å²) in [5.41, 5.74) is 2.62. The lowest BCUT2D eigenvalue weighted by molar-refractivity contribution is 0.471. The van der Waals surface area contributed by atoms with Crippen molar-refractivity contribution < 1.29 is 5.11 Å². The van der Waals surface area contributed by atoms with E-state index in [-0.39, 0.29) is 5.75 Å². The molecule has 19 heavy (non-hydrogen) atoms. The van der Waals surface area contributed by atoms with Crippen molar-refractivity contribution in [3.8, 4) is 17.1 Å². The molecule has 1 heterocycles. The maximum atomic E-state index is 9.81. The van der Waals surface area contributed by atoms with E-state index in [4.69, 9.17) is 11.6 Å². The van der Waals surface area contributed by atoms with Gasteiger partial charge in [-0.25, -0.2) is 4.98 Å². The molecule has 0 aliphatic carbocycles. The van der Waals surface area contributed by atoms with Gasteiger partial charge in [-0.3, -0.25) is 0 Å². The van der Waals surface area contributed by atoms with Crippen LogP contribution in [0, 0.1) is 3.57 Å². The number of para-hydroxylation sites is 1. The summed E-state index contributed by atoms with van der Waals surface area (Å²) in [6.45, 7) is 0. The Morgan fingerprint density at radius 2 is 2.05 bits per heavy atom. The van der Waals surface area contributed by atoms with Crippen LogP contribution in [0.5, 0.6) is 5.75 Å². The normalized spacial score (nSPS) is 11.1. The molecule has 0 aliphatic heterocycles. The van der Waals surface area contributed by atoms with E-state index in [0.717, 1.165) is 26.0 Å². The number of hydrogen-bond donors (Lipinski definition) is 1. The van der Waals surface area contributed by atoms with Crippen LogP contribution in [0.15, 0.2) is 36.4 Å². The lowest BCUT2D eigenvalue weighted by Gasteiger charge is -2.04. The molecular formula is C14H10ClIN2O. The molecule has 0 amide bonds. The van der Waals surface area contributed by atoms with Crippen LogP contribution >= 0.6 is 34.2 Å². The highest BCUT2D eigenvalue weighted by molar-refractivity contribution is 14.1. The van der Waals surface area contributed by atoms with Gasteiger partial charge in [0.1, 0.15) is 11.6 Å². The summed E-state index contributed by atoms with van der Waals surface area (Å²) in [5, 5.41) is 10.5. The Kier molecular flexibility index (Phi) is 3.14. The van der Waals surface area contributed by atoms with Gasteiger partial charge in [-0.05, 0) is 52.9 Å². The number of rotatable bonds is 1. The lowest BCUT2D eigenvalue weighted by Crippen LogP contribution is -1.93. The molecule has 3 rings (SSSR count). The first kappa shape index (κ1) is 12.7. The predicted octanol–water partition coefficient (Wildman–Crippen LogP) is 4.20. The number of aromatic nitrogens is 2. The van der Waals surface area contributed by atoms with Gasteiger partial charge in [0, 0.05) is 12.6 Å². The number of nitrogens with zero attached hydrogens (tertiary/aromatic N) is 2. The molecule has 3 nitrogen and oxygen atoms in total. The van der Waals surface area contributed by atoms with E-state index in [0.29, 0.717) is 5.02 Å². The molecule has 0 aliphatic rings. The van der Waals surface area contributed by atoms with E-state index in [1.165, 1.54) is 0 Å². The largest absolute Gasteiger partial charge is 0.507 e. The molecule has 0 radical (unpaired) electrons. The maximum Gasteiger partial charge on any atom is 0.141 e. The van der Waals surface area contributed by atoms with Crippen LogP contribution in [-0.4, -0.2) is 14.7 Å². The number of benzene rings is 2. The van der Waals surface area contributed by atoms with Crippen LogP contribution in [0.2, 0.25) is 5.02 Å². The highest BCUT2D eigenvalue weighted by Crippen LogP contribution is 2.31. The minimum atomic E-state index is 0.260. The van der Waals surface area contributed by atoms with Crippen LogP contribution in [0.25, 0.3) is 22.4 Å². The third-order valence-electron chi connectivity index (χ3n) is 3.05. The van der Waals surface area contributed by atoms with E-state index >= 15 is 0 Å². The van der Waals surface area contributed by atoms with E-state index < -0.39 is 0 Å². The van der Waals surface area contributed by atoms with E-state index in [1.807, 2.05) is 41.9 Å². The summed E-state index contributed by atoms with van der Waals surface area (Å²) < 4.78 is 2.76. The van der Waals surface area contributed by atoms with Crippen molar-refractivity contribution in [1.29, 1.82) is 0 Å². The second-order valence-corrected chi connectivity index (χ2v) is 5.84. The van der Waals surface area contributed by atoms with Crippen LogP contribution in [0.1, 0.15) is 0 Å². The summed E-state index contributed by atoms with van der Waals surface area (Å²) in [6, 6.07) is 11.2. The molecule has 0 atom stereocenters. The molecule has 5 heteroatoms. The molecule has 0 unspecified atom stereocenters. The minimum Gasteiger partial charge on any atom is -0.507 e. The van der Waals surface area contributed by atoms with Crippen molar-refractivity contribution in [2.45, 2.75) is 0 Å². The molecule has 2 aromatic carbocycles. The van der Waals surface area contributed by atoms with Crippen molar-refractivity contribution in [3.63, 3.8) is 0 Å². The smallest absolute Gasteiger partial charge is 0.141 e. The molecule has 0 saturated heterocycles. The SMILES string of the molecule is Cn1c(-c2ccc(I)c(O)c2)nc2cccc(Cl)c21. The molecule has 0 fully saturated rings. The van der Waals surface area contributed by atoms with Gasteiger partial charge in [0.15, 0.2) is 0 Å².